The summed E-state index contributed by atoms with van der Waals surface area (Å²) in [5, 5.41) is 4.02. The summed E-state index contributed by atoms with van der Waals surface area (Å²) in [6.07, 6.45) is 3.28. The molecular formula is C13H19N3O3S. The lowest BCUT2D eigenvalue weighted by atomic mass is 9.98. The Hall–Kier alpha value is -1.50. The van der Waals surface area contributed by atoms with E-state index in [9.17, 15) is 9.59 Å². The van der Waals surface area contributed by atoms with Crippen LogP contribution in [-0.4, -0.2) is 46.6 Å². The number of likely N-dealkylation sites (tertiary alicyclic amines) is 1. The molecule has 1 aromatic rings. The molecule has 2 rings (SSSR count). The van der Waals surface area contributed by atoms with Crippen molar-refractivity contribution in [3.8, 4) is 0 Å². The highest BCUT2D eigenvalue weighted by Crippen LogP contribution is 2.22. The number of ether oxygens (including phenoxy) is 1. The minimum Gasteiger partial charge on any atom is -0.469 e. The molecule has 0 aliphatic carbocycles. The van der Waals surface area contributed by atoms with Crippen LogP contribution in [0.3, 0.4) is 0 Å². The first-order valence-corrected chi connectivity index (χ1v) is 7.63. The van der Waals surface area contributed by atoms with E-state index in [4.69, 9.17) is 4.74 Å². The van der Waals surface area contributed by atoms with Crippen LogP contribution >= 0.6 is 11.5 Å². The number of hydrogen-bond acceptors (Lipinski definition) is 6. The number of esters is 1. The summed E-state index contributed by atoms with van der Waals surface area (Å²) < 4.78 is 8.65. The quantitative estimate of drug-likeness (QED) is 0.788. The summed E-state index contributed by atoms with van der Waals surface area (Å²) in [5.74, 6) is -0.510. The van der Waals surface area contributed by atoms with Crippen LogP contribution in [0.5, 0.6) is 0 Å². The molecule has 1 amide bonds. The molecule has 0 aromatic carbocycles. The van der Waals surface area contributed by atoms with Gasteiger partial charge in [-0.2, -0.15) is 0 Å². The lowest BCUT2D eigenvalue weighted by Gasteiger charge is -2.31. The largest absolute Gasteiger partial charge is 0.469 e. The zero-order valence-electron chi connectivity index (χ0n) is 11.8. The van der Waals surface area contributed by atoms with Gasteiger partial charge in [0, 0.05) is 13.1 Å². The van der Waals surface area contributed by atoms with E-state index in [0.717, 1.165) is 42.9 Å². The van der Waals surface area contributed by atoms with E-state index in [1.165, 1.54) is 7.11 Å². The van der Waals surface area contributed by atoms with Gasteiger partial charge in [-0.05, 0) is 30.8 Å². The highest BCUT2D eigenvalue weighted by atomic mass is 32.1. The van der Waals surface area contributed by atoms with E-state index >= 15 is 0 Å². The first-order valence-electron chi connectivity index (χ1n) is 6.85. The van der Waals surface area contributed by atoms with E-state index in [2.05, 4.69) is 9.59 Å². The van der Waals surface area contributed by atoms with Crippen molar-refractivity contribution in [3.05, 3.63) is 10.6 Å². The second kappa shape index (κ2) is 6.78. The third kappa shape index (κ3) is 3.15. The van der Waals surface area contributed by atoms with Crippen LogP contribution in [0.1, 0.15) is 41.6 Å². The second-order valence-corrected chi connectivity index (χ2v) is 5.67. The number of aryl methyl sites for hydroxylation is 1. The van der Waals surface area contributed by atoms with Gasteiger partial charge in [0.25, 0.3) is 5.91 Å². The van der Waals surface area contributed by atoms with E-state index in [1.807, 2.05) is 6.92 Å². The maximum atomic E-state index is 12.5. The van der Waals surface area contributed by atoms with Gasteiger partial charge >= 0.3 is 5.97 Å². The third-order valence-electron chi connectivity index (χ3n) is 3.48. The van der Waals surface area contributed by atoms with Crippen molar-refractivity contribution < 1.29 is 14.3 Å². The smallest absolute Gasteiger partial charge is 0.310 e. The van der Waals surface area contributed by atoms with E-state index in [0.29, 0.717) is 18.0 Å². The average Bonchev–Trinajstić information content (AvgIpc) is 2.94. The van der Waals surface area contributed by atoms with Crippen molar-refractivity contribution >= 4 is 23.4 Å². The molecule has 0 bridgehead atoms. The van der Waals surface area contributed by atoms with Gasteiger partial charge in [-0.1, -0.05) is 17.8 Å². The lowest BCUT2D eigenvalue weighted by molar-refractivity contribution is -0.146. The molecule has 110 valence electrons. The van der Waals surface area contributed by atoms with Gasteiger partial charge < -0.3 is 9.64 Å². The summed E-state index contributed by atoms with van der Waals surface area (Å²) in [6.45, 7) is 3.15. The van der Waals surface area contributed by atoms with Crippen molar-refractivity contribution in [2.24, 2.45) is 5.92 Å². The highest BCUT2D eigenvalue weighted by Gasteiger charge is 2.31. The van der Waals surface area contributed by atoms with Crippen molar-refractivity contribution in [1.29, 1.82) is 0 Å². The molecule has 1 saturated heterocycles. The van der Waals surface area contributed by atoms with Crippen LogP contribution in [0.2, 0.25) is 0 Å². The number of hydrogen-bond donors (Lipinski definition) is 0. The highest BCUT2D eigenvalue weighted by molar-refractivity contribution is 7.08. The van der Waals surface area contributed by atoms with Crippen molar-refractivity contribution in [3.63, 3.8) is 0 Å². The average molecular weight is 297 g/mol. The SMILES string of the molecule is CCCc1nnsc1C(=O)N1CCCC(C(=O)OC)C1. The minimum absolute atomic E-state index is 0.0583. The Balaban J connectivity index is 2.08. The predicted octanol–water partition coefficient (Wildman–Crippen LogP) is 1.52. The molecule has 1 aliphatic heterocycles. The number of methoxy groups -OCH3 is 1. The van der Waals surface area contributed by atoms with Gasteiger partial charge in [-0.25, -0.2) is 0 Å². The molecule has 6 nitrogen and oxygen atoms in total. The predicted molar refractivity (Wildman–Crippen MR) is 74.5 cm³/mol. The van der Waals surface area contributed by atoms with Crippen LogP contribution < -0.4 is 0 Å². The molecule has 0 spiro atoms. The lowest BCUT2D eigenvalue weighted by Crippen LogP contribution is -2.42. The number of nitrogens with zero attached hydrogens (tertiary/aromatic N) is 3. The molecule has 0 saturated carbocycles. The molecule has 7 heteroatoms. The Labute approximate surface area is 122 Å². The van der Waals surface area contributed by atoms with E-state index in [1.54, 1.807) is 4.90 Å². The van der Waals surface area contributed by atoms with E-state index in [-0.39, 0.29) is 17.8 Å². The molecule has 1 unspecified atom stereocenters. The number of carbonyl (C=O) groups excluding carboxylic acids is 2. The molecule has 2 heterocycles. The fourth-order valence-electron chi connectivity index (χ4n) is 2.44. The first kappa shape index (κ1) is 14.9. The number of rotatable bonds is 4. The Kier molecular flexibility index (Phi) is 5.05. The van der Waals surface area contributed by atoms with Crippen LogP contribution in [0.4, 0.5) is 0 Å². The van der Waals surface area contributed by atoms with Crippen LogP contribution in [0.25, 0.3) is 0 Å². The van der Waals surface area contributed by atoms with Crippen molar-refractivity contribution in [2.45, 2.75) is 32.6 Å². The fraction of sp³-hybridized carbons (Fsp3) is 0.692. The van der Waals surface area contributed by atoms with Gasteiger partial charge in [-0.15, -0.1) is 5.10 Å². The second-order valence-electron chi connectivity index (χ2n) is 4.91. The third-order valence-corrected chi connectivity index (χ3v) is 4.24. The molecule has 1 aliphatic rings. The molecular weight excluding hydrogens is 278 g/mol. The van der Waals surface area contributed by atoms with Crippen molar-refractivity contribution in [1.82, 2.24) is 14.5 Å². The van der Waals surface area contributed by atoms with Gasteiger partial charge in [0.2, 0.25) is 0 Å². The molecule has 1 atom stereocenters. The molecule has 0 radical (unpaired) electrons. The Bertz CT molecular complexity index is 489. The number of aromatic nitrogens is 2. The Morgan fingerprint density at radius 3 is 3.00 bits per heavy atom. The fourth-order valence-corrected chi connectivity index (χ4v) is 3.11. The monoisotopic (exact) mass is 297 g/mol. The Morgan fingerprint density at radius 1 is 1.50 bits per heavy atom. The number of amides is 1. The van der Waals surface area contributed by atoms with Gasteiger partial charge in [0.15, 0.2) is 0 Å². The van der Waals surface area contributed by atoms with Gasteiger partial charge in [0.05, 0.1) is 18.7 Å². The Morgan fingerprint density at radius 2 is 2.30 bits per heavy atom. The number of piperidine rings is 1. The van der Waals surface area contributed by atoms with Crippen LogP contribution in [0, 0.1) is 5.92 Å². The number of carbonyl (C=O) groups is 2. The van der Waals surface area contributed by atoms with Crippen LogP contribution in [-0.2, 0) is 16.0 Å². The van der Waals surface area contributed by atoms with Gasteiger partial charge in [-0.3, -0.25) is 9.59 Å². The maximum Gasteiger partial charge on any atom is 0.310 e. The summed E-state index contributed by atoms with van der Waals surface area (Å²) in [7, 11) is 1.38. The zero-order valence-corrected chi connectivity index (χ0v) is 12.6. The minimum atomic E-state index is -0.237. The maximum absolute atomic E-state index is 12.5. The molecule has 1 aromatic heterocycles. The topological polar surface area (TPSA) is 72.4 Å². The molecule has 20 heavy (non-hydrogen) atoms. The standard InChI is InChI=1S/C13H19N3O3S/c1-3-5-10-11(20-15-14-10)12(17)16-7-4-6-9(8-16)13(18)19-2/h9H,3-8H2,1-2H3. The summed E-state index contributed by atoms with van der Waals surface area (Å²) in [6, 6.07) is 0. The first-order chi connectivity index (χ1) is 9.67. The normalized spacial score (nSPS) is 18.9. The summed E-state index contributed by atoms with van der Waals surface area (Å²) in [4.78, 5) is 26.5. The zero-order chi connectivity index (χ0) is 14.5. The molecule has 1 fully saturated rings. The van der Waals surface area contributed by atoms with E-state index < -0.39 is 0 Å². The summed E-state index contributed by atoms with van der Waals surface area (Å²) >= 11 is 1.14. The summed E-state index contributed by atoms with van der Waals surface area (Å²) in [5.41, 5.74) is 0.766. The van der Waals surface area contributed by atoms with Crippen LogP contribution in [0.15, 0.2) is 0 Å². The molecule has 0 N–H and O–H groups in total. The van der Waals surface area contributed by atoms with Gasteiger partial charge in [0.1, 0.15) is 4.88 Å². The van der Waals surface area contributed by atoms with Crippen molar-refractivity contribution in [2.75, 3.05) is 20.2 Å².